The lowest BCUT2D eigenvalue weighted by atomic mass is 10.9. The van der Waals surface area contributed by atoms with E-state index in [1.165, 1.54) is 19.0 Å². The smallest absolute Gasteiger partial charge is 0.369 e. The van der Waals surface area contributed by atoms with E-state index in [-0.39, 0.29) is 0 Å². The van der Waals surface area contributed by atoms with Crippen molar-refractivity contribution in [2.24, 2.45) is 4.99 Å². The Labute approximate surface area is 51.0 Å². The Bertz CT molecular complexity index is 105. The van der Waals surface area contributed by atoms with E-state index in [2.05, 4.69) is 4.99 Å². The minimum Gasteiger partial charge on any atom is -0.369 e. The second-order valence-corrected chi connectivity index (χ2v) is 1.68. The van der Waals surface area contributed by atoms with Gasteiger partial charge in [0, 0.05) is 14.1 Å². The van der Waals surface area contributed by atoms with Crippen LogP contribution in [0.4, 0.5) is 13.2 Å². The fourth-order valence-corrected chi connectivity index (χ4v) is 0.181. The predicted molar refractivity (Wildman–Crippen MR) is 28.2 cm³/mol. The highest BCUT2D eigenvalue weighted by molar-refractivity contribution is 5.53. The summed E-state index contributed by atoms with van der Waals surface area (Å²) in [6.45, 7) is 0. The van der Waals surface area contributed by atoms with Crippen molar-refractivity contribution in [3.8, 4) is 0 Å². The average Bonchev–Trinajstić information content (AvgIpc) is 1.59. The fraction of sp³-hybridized carbons (Fsp3) is 0.750. The fourth-order valence-electron chi connectivity index (χ4n) is 0.181. The molecule has 0 rings (SSSR count). The molecule has 54 valence electrons. The zero-order valence-corrected chi connectivity index (χ0v) is 5.11. The summed E-state index contributed by atoms with van der Waals surface area (Å²) < 4.78 is 33.6. The van der Waals surface area contributed by atoms with Crippen molar-refractivity contribution in [1.82, 2.24) is 4.90 Å². The van der Waals surface area contributed by atoms with E-state index >= 15 is 0 Å². The molecule has 0 fully saturated rings. The number of hydrogen-bond donors (Lipinski definition) is 0. The van der Waals surface area contributed by atoms with Crippen molar-refractivity contribution in [3.05, 3.63) is 0 Å². The van der Waals surface area contributed by atoms with Crippen LogP contribution in [0.2, 0.25) is 0 Å². The van der Waals surface area contributed by atoms with Gasteiger partial charge in [-0.15, -0.1) is 13.2 Å². The molecular formula is C4H7F3N2. The van der Waals surface area contributed by atoms with Crippen molar-refractivity contribution in [2.45, 2.75) is 6.30 Å². The summed E-state index contributed by atoms with van der Waals surface area (Å²) in [6, 6.07) is 0. The van der Waals surface area contributed by atoms with Crippen LogP contribution in [-0.4, -0.2) is 31.6 Å². The monoisotopic (exact) mass is 140 g/mol. The molecular weight excluding hydrogens is 133 g/mol. The van der Waals surface area contributed by atoms with Gasteiger partial charge in [0.15, 0.2) is 0 Å². The number of nitrogens with zero attached hydrogens (tertiary/aromatic N) is 2. The third kappa shape index (κ3) is 7.26. The van der Waals surface area contributed by atoms with Crippen LogP contribution in [0.1, 0.15) is 0 Å². The van der Waals surface area contributed by atoms with E-state index in [1.54, 1.807) is 0 Å². The zero-order chi connectivity index (χ0) is 7.49. The standard InChI is InChI=1S/C4H7F3N2/c1-9(2)3-8-4(5,6)7/h3H,1-2H3/b8-3+. The largest absolute Gasteiger partial charge is 0.504 e. The van der Waals surface area contributed by atoms with Gasteiger partial charge in [0.1, 0.15) is 0 Å². The van der Waals surface area contributed by atoms with Crippen molar-refractivity contribution in [2.75, 3.05) is 14.1 Å². The second kappa shape index (κ2) is 2.70. The zero-order valence-electron chi connectivity index (χ0n) is 5.11. The lowest BCUT2D eigenvalue weighted by molar-refractivity contribution is -0.119. The predicted octanol–water partition coefficient (Wildman–Crippen LogP) is 1.10. The summed E-state index contributed by atoms with van der Waals surface area (Å²) >= 11 is 0. The number of halogens is 3. The van der Waals surface area contributed by atoms with Gasteiger partial charge in [-0.25, -0.2) is 0 Å². The van der Waals surface area contributed by atoms with Gasteiger partial charge in [-0.1, -0.05) is 0 Å². The maximum Gasteiger partial charge on any atom is 0.504 e. The summed E-state index contributed by atoms with van der Waals surface area (Å²) in [5.41, 5.74) is 0. The average molecular weight is 140 g/mol. The molecule has 5 heteroatoms. The highest BCUT2D eigenvalue weighted by atomic mass is 19.4. The van der Waals surface area contributed by atoms with Crippen LogP contribution in [0, 0.1) is 0 Å². The van der Waals surface area contributed by atoms with Crippen molar-refractivity contribution in [1.29, 1.82) is 0 Å². The molecule has 0 unspecified atom stereocenters. The van der Waals surface area contributed by atoms with E-state index in [4.69, 9.17) is 0 Å². The Morgan fingerprint density at radius 1 is 1.33 bits per heavy atom. The summed E-state index contributed by atoms with van der Waals surface area (Å²) in [7, 11) is 2.94. The summed E-state index contributed by atoms with van der Waals surface area (Å²) in [6.07, 6.45) is -3.73. The van der Waals surface area contributed by atoms with E-state index < -0.39 is 6.30 Å². The minimum absolute atomic E-state index is 0.708. The van der Waals surface area contributed by atoms with Gasteiger partial charge >= 0.3 is 6.30 Å². The molecule has 0 saturated heterocycles. The first-order chi connectivity index (χ1) is 3.92. The second-order valence-electron chi connectivity index (χ2n) is 1.68. The summed E-state index contributed by atoms with van der Waals surface area (Å²) in [4.78, 5) is 3.47. The van der Waals surface area contributed by atoms with Crippen LogP contribution >= 0.6 is 0 Å². The van der Waals surface area contributed by atoms with Crippen molar-refractivity contribution >= 4 is 6.34 Å². The van der Waals surface area contributed by atoms with Gasteiger partial charge in [0.2, 0.25) is 0 Å². The van der Waals surface area contributed by atoms with Crippen LogP contribution in [0.25, 0.3) is 0 Å². The number of hydrogen-bond acceptors (Lipinski definition) is 1. The van der Waals surface area contributed by atoms with E-state index in [0.29, 0.717) is 6.34 Å². The Morgan fingerprint density at radius 3 is 1.89 bits per heavy atom. The maximum atomic E-state index is 11.2. The SMILES string of the molecule is CN(C)/C=N/C(F)(F)F. The highest BCUT2D eigenvalue weighted by Crippen LogP contribution is 2.14. The molecule has 0 aliphatic carbocycles. The lowest BCUT2D eigenvalue weighted by Crippen LogP contribution is -2.12. The molecule has 0 aromatic rings. The first kappa shape index (κ1) is 8.26. The van der Waals surface area contributed by atoms with Gasteiger partial charge in [0.25, 0.3) is 0 Å². The van der Waals surface area contributed by atoms with Crippen molar-refractivity contribution < 1.29 is 13.2 Å². The number of alkyl halides is 3. The quantitative estimate of drug-likeness (QED) is 0.302. The van der Waals surface area contributed by atoms with Gasteiger partial charge in [0.05, 0.1) is 6.34 Å². The first-order valence-electron chi connectivity index (χ1n) is 2.20. The van der Waals surface area contributed by atoms with Crippen LogP contribution in [0.5, 0.6) is 0 Å². The lowest BCUT2D eigenvalue weighted by Gasteiger charge is -2.03. The Hall–Kier alpha value is -0.740. The van der Waals surface area contributed by atoms with E-state index in [9.17, 15) is 13.2 Å². The topological polar surface area (TPSA) is 15.6 Å². The third-order valence-electron chi connectivity index (χ3n) is 0.435. The molecule has 0 aromatic carbocycles. The normalized spacial score (nSPS) is 12.6. The number of rotatable bonds is 1. The Kier molecular flexibility index (Phi) is 2.48. The minimum atomic E-state index is -4.44. The Balaban J connectivity index is 3.71. The molecule has 2 nitrogen and oxygen atoms in total. The highest BCUT2D eigenvalue weighted by Gasteiger charge is 2.24. The van der Waals surface area contributed by atoms with Gasteiger partial charge in [-0.2, -0.15) is 4.99 Å². The van der Waals surface area contributed by atoms with E-state index in [1.807, 2.05) is 0 Å². The first-order valence-corrected chi connectivity index (χ1v) is 2.20. The molecule has 0 aromatic heterocycles. The molecule has 0 aliphatic heterocycles. The third-order valence-corrected chi connectivity index (χ3v) is 0.435. The number of aliphatic imine (C=N–C) groups is 1. The van der Waals surface area contributed by atoms with Gasteiger partial charge in [-0.3, -0.25) is 0 Å². The summed E-state index contributed by atoms with van der Waals surface area (Å²) in [5.74, 6) is 0. The molecule has 0 radical (unpaired) electrons. The molecule has 0 spiro atoms. The van der Waals surface area contributed by atoms with Crippen LogP contribution in [0.3, 0.4) is 0 Å². The van der Waals surface area contributed by atoms with Gasteiger partial charge < -0.3 is 4.90 Å². The van der Waals surface area contributed by atoms with E-state index in [0.717, 1.165) is 0 Å². The molecule has 0 saturated carbocycles. The van der Waals surface area contributed by atoms with Crippen LogP contribution in [0.15, 0.2) is 4.99 Å². The molecule has 0 aliphatic rings. The molecule has 0 bridgehead atoms. The molecule has 9 heavy (non-hydrogen) atoms. The molecule has 0 heterocycles. The maximum absolute atomic E-state index is 11.2. The molecule has 0 atom stereocenters. The van der Waals surface area contributed by atoms with Crippen LogP contribution < -0.4 is 0 Å². The Morgan fingerprint density at radius 2 is 1.78 bits per heavy atom. The molecule has 0 amide bonds. The van der Waals surface area contributed by atoms with Gasteiger partial charge in [-0.05, 0) is 0 Å². The molecule has 0 N–H and O–H groups in total. The van der Waals surface area contributed by atoms with Crippen LogP contribution in [-0.2, 0) is 0 Å². The van der Waals surface area contributed by atoms with Crippen molar-refractivity contribution in [3.63, 3.8) is 0 Å². The summed E-state index contributed by atoms with van der Waals surface area (Å²) in [5, 5.41) is 0.